The van der Waals surface area contributed by atoms with Crippen LogP contribution >= 0.6 is 0 Å². The van der Waals surface area contributed by atoms with Gasteiger partial charge in [-0.2, -0.15) is 0 Å². The monoisotopic (exact) mass is 321 g/mol. The van der Waals surface area contributed by atoms with Crippen LogP contribution in [0.25, 0.3) is 11.0 Å². The Morgan fingerprint density at radius 3 is 2.79 bits per heavy atom. The van der Waals surface area contributed by atoms with Gasteiger partial charge >= 0.3 is 5.63 Å². The number of furan rings is 1. The Morgan fingerprint density at radius 2 is 2.04 bits per heavy atom. The van der Waals surface area contributed by atoms with E-state index in [0.717, 1.165) is 0 Å². The zero-order chi connectivity index (χ0) is 16.9. The Hall–Kier alpha value is -3.26. The molecule has 0 spiro atoms. The van der Waals surface area contributed by atoms with Crippen molar-refractivity contribution < 1.29 is 13.6 Å². The number of hydrogen-bond acceptors (Lipinski definition) is 4. The summed E-state index contributed by atoms with van der Waals surface area (Å²) in [6, 6.07) is 12.1. The first-order chi connectivity index (χ1) is 11.7. The van der Waals surface area contributed by atoms with Gasteiger partial charge in [-0.3, -0.25) is 4.79 Å². The van der Waals surface area contributed by atoms with Gasteiger partial charge in [-0.25, -0.2) is 4.79 Å². The van der Waals surface area contributed by atoms with Gasteiger partial charge in [0.15, 0.2) is 0 Å². The molecule has 5 nitrogen and oxygen atoms in total. The third kappa shape index (κ3) is 3.23. The normalized spacial score (nSPS) is 10.2. The predicted octanol–water partition coefficient (Wildman–Crippen LogP) is 3.05. The summed E-state index contributed by atoms with van der Waals surface area (Å²) < 4.78 is 10.5. The third-order valence-corrected chi connectivity index (χ3v) is 3.53. The van der Waals surface area contributed by atoms with Crippen LogP contribution in [0.2, 0.25) is 0 Å². The number of benzene rings is 1. The molecule has 120 valence electrons. The molecule has 2 heterocycles. The maximum absolute atomic E-state index is 12.8. The van der Waals surface area contributed by atoms with Gasteiger partial charge in [-0.1, -0.05) is 24.1 Å². The minimum absolute atomic E-state index is 0.0156. The van der Waals surface area contributed by atoms with Crippen LogP contribution in [0.3, 0.4) is 0 Å². The van der Waals surface area contributed by atoms with Crippen LogP contribution in [0.4, 0.5) is 0 Å². The van der Waals surface area contributed by atoms with Crippen molar-refractivity contribution in [1.29, 1.82) is 0 Å². The second kappa shape index (κ2) is 6.88. The molecule has 0 aliphatic rings. The lowest BCUT2D eigenvalue weighted by Gasteiger charge is -2.18. The molecular formula is C19H15NO4. The fraction of sp³-hybridized carbons (Fsp3) is 0.158. The molecule has 5 heteroatoms. The Balaban J connectivity index is 1.97. The van der Waals surface area contributed by atoms with Crippen molar-refractivity contribution in [1.82, 2.24) is 4.90 Å². The first kappa shape index (κ1) is 15.6. The zero-order valence-electron chi connectivity index (χ0n) is 13.1. The van der Waals surface area contributed by atoms with Gasteiger partial charge in [-0.05, 0) is 31.2 Å². The highest BCUT2D eigenvalue weighted by Gasteiger charge is 2.21. The Labute approximate surface area is 138 Å². The number of hydrogen-bond donors (Lipinski definition) is 0. The molecule has 0 saturated heterocycles. The summed E-state index contributed by atoms with van der Waals surface area (Å²) in [5.74, 6) is 5.78. The number of fused-ring (bicyclic) bond motifs is 1. The van der Waals surface area contributed by atoms with Crippen molar-refractivity contribution in [2.75, 3.05) is 6.54 Å². The second-order valence-electron chi connectivity index (χ2n) is 5.15. The Kier molecular flexibility index (Phi) is 4.48. The number of carbonyl (C=O) groups is 1. The van der Waals surface area contributed by atoms with E-state index in [0.29, 0.717) is 16.7 Å². The highest BCUT2D eigenvalue weighted by molar-refractivity contribution is 5.96. The highest BCUT2D eigenvalue weighted by atomic mass is 16.4. The smallest absolute Gasteiger partial charge is 0.349 e. The number of nitrogens with zero attached hydrogens (tertiary/aromatic N) is 1. The van der Waals surface area contributed by atoms with Crippen molar-refractivity contribution in [2.24, 2.45) is 0 Å². The first-order valence-corrected chi connectivity index (χ1v) is 7.43. The minimum Gasteiger partial charge on any atom is -0.467 e. The summed E-state index contributed by atoms with van der Waals surface area (Å²) >= 11 is 0. The fourth-order valence-corrected chi connectivity index (χ4v) is 2.35. The Morgan fingerprint density at radius 1 is 1.21 bits per heavy atom. The molecule has 24 heavy (non-hydrogen) atoms. The van der Waals surface area contributed by atoms with Crippen LogP contribution in [-0.2, 0) is 6.54 Å². The lowest BCUT2D eigenvalue weighted by molar-refractivity contribution is 0.0751. The number of carbonyl (C=O) groups excluding carboxylic acids is 1. The molecule has 0 aliphatic heterocycles. The average Bonchev–Trinajstić information content (AvgIpc) is 3.10. The van der Waals surface area contributed by atoms with Gasteiger partial charge in [0.1, 0.15) is 16.9 Å². The van der Waals surface area contributed by atoms with E-state index in [1.54, 1.807) is 43.3 Å². The number of amides is 1. The van der Waals surface area contributed by atoms with Crippen LogP contribution in [0.1, 0.15) is 23.0 Å². The summed E-state index contributed by atoms with van der Waals surface area (Å²) in [4.78, 5) is 26.4. The summed E-state index contributed by atoms with van der Waals surface area (Å²) in [7, 11) is 0. The molecule has 2 aromatic heterocycles. The topological polar surface area (TPSA) is 63.7 Å². The molecule has 0 saturated carbocycles. The third-order valence-electron chi connectivity index (χ3n) is 3.53. The molecule has 0 N–H and O–H groups in total. The van der Waals surface area contributed by atoms with Gasteiger partial charge in [-0.15, -0.1) is 5.92 Å². The fourth-order valence-electron chi connectivity index (χ4n) is 2.35. The SMILES string of the molecule is CC#CCN(Cc1ccco1)C(=O)c1cc2ccccc2oc1=O. The van der Waals surface area contributed by atoms with E-state index in [1.165, 1.54) is 11.2 Å². The zero-order valence-corrected chi connectivity index (χ0v) is 13.1. The van der Waals surface area contributed by atoms with Crippen LogP contribution in [0.5, 0.6) is 0 Å². The van der Waals surface area contributed by atoms with Crippen molar-refractivity contribution in [3.63, 3.8) is 0 Å². The van der Waals surface area contributed by atoms with E-state index in [-0.39, 0.29) is 18.7 Å². The quantitative estimate of drug-likeness (QED) is 0.547. The van der Waals surface area contributed by atoms with E-state index >= 15 is 0 Å². The van der Waals surface area contributed by atoms with Crippen LogP contribution in [0, 0.1) is 11.8 Å². The lowest BCUT2D eigenvalue weighted by atomic mass is 10.1. The summed E-state index contributed by atoms with van der Waals surface area (Å²) in [6.45, 7) is 2.12. The molecule has 0 bridgehead atoms. The van der Waals surface area contributed by atoms with Crippen molar-refractivity contribution in [2.45, 2.75) is 13.5 Å². The van der Waals surface area contributed by atoms with E-state index < -0.39 is 11.5 Å². The Bertz CT molecular complexity index is 974. The van der Waals surface area contributed by atoms with E-state index in [1.807, 2.05) is 6.07 Å². The molecule has 3 rings (SSSR count). The summed E-state index contributed by atoms with van der Waals surface area (Å²) in [5.41, 5.74) is -0.226. The molecule has 1 amide bonds. The number of rotatable bonds is 4. The van der Waals surface area contributed by atoms with Gasteiger partial charge in [0.25, 0.3) is 5.91 Å². The van der Waals surface area contributed by atoms with Crippen LogP contribution in [0.15, 0.2) is 62.4 Å². The maximum atomic E-state index is 12.8. The van der Waals surface area contributed by atoms with E-state index in [9.17, 15) is 9.59 Å². The van der Waals surface area contributed by atoms with Crippen molar-refractivity contribution in [3.05, 3.63) is 70.5 Å². The largest absolute Gasteiger partial charge is 0.467 e. The van der Waals surface area contributed by atoms with Crippen LogP contribution < -0.4 is 5.63 Å². The lowest BCUT2D eigenvalue weighted by Crippen LogP contribution is -2.34. The number of para-hydroxylation sites is 1. The molecule has 0 radical (unpaired) electrons. The van der Waals surface area contributed by atoms with Gasteiger partial charge in [0.05, 0.1) is 19.4 Å². The predicted molar refractivity (Wildman–Crippen MR) is 89.4 cm³/mol. The molecule has 0 unspecified atom stereocenters. The van der Waals surface area contributed by atoms with E-state index in [2.05, 4.69) is 11.8 Å². The van der Waals surface area contributed by atoms with Crippen LogP contribution in [-0.4, -0.2) is 17.4 Å². The second-order valence-corrected chi connectivity index (χ2v) is 5.15. The van der Waals surface area contributed by atoms with Gasteiger partial charge < -0.3 is 13.7 Å². The maximum Gasteiger partial charge on any atom is 0.349 e. The first-order valence-electron chi connectivity index (χ1n) is 7.43. The van der Waals surface area contributed by atoms with Gasteiger partial charge in [0, 0.05) is 5.39 Å². The molecular weight excluding hydrogens is 306 g/mol. The van der Waals surface area contributed by atoms with E-state index in [4.69, 9.17) is 8.83 Å². The minimum atomic E-state index is -0.660. The standard InChI is InChI=1S/C19H15NO4/c1-2-3-10-20(13-15-8-6-11-23-15)18(21)16-12-14-7-4-5-9-17(14)24-19(16)22/h4-9,11-12H,10,13H2,1H3. The summed E-state index contributed by atoms with van der Waals surface area (Å²) in [5, 5.41) is 0.694. The molecule has 0 atom stereocenters. The van der Waals surface area contributed by atoms with Crippen molar-refractivity contribution >= 4 is 16.9 Å². The average molecular weight is 321 g/mol. The van der Waals surface area contributed by atoms with Crippen molar-refractivity contribution in [3.8, 4) is 11.8 Å². The molecule has 0 fully saturated rings. The highest BCUT2D eigenvalue weighted by Crippen LogP contribution is 2.15. The molecule has 0 aliphatic carbocycles. The molecule has 1 aromatic carbocycles. The molecule has 3 aromatic rings. The summed E-state index contributed by atoms with van der Waals surface area (Å²) in [6.07, 6.45) is 1.54. The van der Waals surface area contributed by atoms with Gasteiger partial charge in [0.2, 0.25) is 0 Å².